The van der Waals surface area contributed by atoms with Crippen molar-refractivity contribution in [2.45, 2.75) is 20.0 Å². The highest BCUT2D eigenvalue weighted by atomic mass is 16.5. The van der Waals surface area contributed by atoms with Crippen LogP contribution >= 0.6 is 0 Å². The van der Waals surface area contributed by atoms with Crippen molar-refractivity contribution in [3.63, 3.8) is 0 Å². The van der Waals surface area contributed by atoms with Crippen LogP contribution in [0.1, 0.15) is 21.6 Å². The number of nitrogens with one attached hydrogen (secondary N) is 1. The third-order valence-corrected chi connectivity index (χ3v) is 4.22. The van der Waals surface area contributed by atoms with Gasteiger partial charge >= 0.3 is 0 Å². The zero-order valence-electron chi connectivity index (χ0n) is 14.9. The Morgan fingerprint density at radius 3 is 2.73 bits per heavy atom. The lowest BCUT2D eigenvalue weighted by Gasteiger charge is -2.10. The molecule has 0 unspecified atom stereocenters. The summed E-state index contributed by atoms with van der Waals surface area (Å²) in [7, 11) is 1.59. The lowest BCUT2D eigenvalue weighted by molar-refractivity contribution is 0.0950. The minimum absolute atomic E-state index is 0.177. The minimum Gasteiger partial charge on any atom is -0.383 e. The van der Waals surface area contributed by atoms with E-state index in [1.807, 2.05) is 30.3 Å². The molecule has 2 aromatic heterocycles. The molecule has 0 spiro atoms. The zero-order chi connectivity index (χ0) is 18.5. The van der Waals surface area contributed by atoms with Crippen LogP contribution in [-0.2, 0) is 17.8 Å². The van der Waals surface area contributed by atoms with Crippen LogP contribution in [0.5, 0.6) is 0 Å². The predicted octanol–water partition coefficient (Wildman–Crippen LogP) is 2.28. The average molecular weight is 351 g/mol. The summed E-state index contributed by atoms with van der Waals surface area (Å²) in [6.07, 6.45) is 1.70. The van der Waals surface area contributed by atoms with Crippen LogP contribution in [0.15, 0.2) is 53.5 Å². The Morgan fingerprint density at radius 1 is 1.23 bits per heavy atom. The van der Waals surface area contributed by atoms with Crippen molar-refractivity contribution in [3.05, 3.63) is 75.8 Å². The summed E-state index contributed by atoms with van der Waals surface area (Å²) in [5.74, 6) is -0.243. The zero-order valence-corrected chi connectivity index (χ0v) is 14.9. The molecule has 0 radical (unpaired) electrons. The van der Waals surface area contributed by atoms with E-state index in [0.29, 0.717) is 41.9 Å². The van der Waals surface area contributed by atoms with E-state index in [9.17, 15) is 9.59 Å². The SMILES string of the molecule is COCCn1ccc2nc(C)c(C(=O)NCc3ccccc3)cc2c1=O. The number of fused-ring (bicyclic) bond motifs is 1. The molecule has 26 heavy (non-hydrogen) atoms. The number of carbonyl (C=O) groups excluding carboxylic acids is 1. The van der Waals surface area contributed by atoms with E-state index in [1.165, 1.54) is 0 Å². The second-order valence-electron chi connectivity index (χ2n) is 6.03. The summed E-state index contributed by atoms with van der Waals surface area (Å²) in [6, 6.07) is 13.1. The molecule has 3 aromatic rings. The molecule has 3 rings (SSSR count). The number of carbonyl (C=O) groups is 1. The fraction of sp³-hybridized carbons (Fsp3) is 0.250. The molecule has 2 heterocycles. The average Bonchev–Trinajstić information content (AvgIpc) is 2.66. The molecule has 0 aliphatic heterocycles. The Balaban J connectivity index is 1.89. The Labute approximate surface area is 151 Å². The molecule has 6 heteroatoms. The Kier molecular flexibility index (Phi) is 5.43. The van der Waals surface area contributed by atoms with Crippen molar-refractivity contribution < 1.29 is 9.53 Å². The normalized spacial score (nSPS) is 10.8. The van der Waals surface area contributed by atoms with Crippen LogP contribution in [0.25, 0.3) is 10.9 Å². The highest BCUT2D eigenvalue weighted by Crippen LogP contribution is 2.14. The first-order valence-electron chi connectivity index (χ1n) is 8.42. The smallest absolute Gasteiger partial charge is 0.260 e. The molecular weight excluding hydrogens is 330 g/mol. The molecule has 1 N–H and O–H groups in total. The number of hydrogen-bond donors (Lipinski definition) is 1. The van der Waals surface area contributed by atoms with Gasteiger partial charge in [-0.3, -0.25) is 14.6 Å². The largest absolute Gasteiger partial charge is 0.383 e. The second-order valence-corrected chi connectivity index (χ2v) is 6.03. The lowest BCUT2D eigenvalue weighted by atomic mass is 10.1. The number of nitrogens with zero attached hydrogens (tertiary/aromatic N) is 2. The van der Waals surface area contributed by atoms with Gasteiger partial charge in [0.2, 0.25) is 0 Å². The summed E-state index contributed by atoms with van der Waals surface area (Å²) in [5.41, 5.74) is 2.42. The summed E-state index contributed by atoms with van der Waals surface area (Å²) >= 11 is 0. The van der Waals surface area contributed by atoms with Crippen molar-refractivity contribution in [3.8, 4) is 0 Å². The van der Waals surface area contributed by atoms with Gasteiger partial charge in [0.15, 0.2) is 0 Å². The number of aryl methyl sites for hydroxylation is 1. The number of pyridine rings is 2. The van der Waals surface area contributed by atoms with Crippen LogP contribution < -0.4 is 10.9 Å². The predicted molar refractivity (Wildman–Crippen MR) is 100 cm³/mol. The number of hydrogen-bond acceptors (Lipinski definition) is 4. The van der Waals surface area contributed by atoms with Gasteiger partial charge in [-0.25, -0.2) is 0 Å². The quantitative estimate of drug-likeness (QED) is 0.739. The van der Waals surface area contributed by atoms with Crippen molar-refractivity contribution in [1.82, 2.24) is 14.9 Å². The molecule has 6 nitrogen and oxygen atoms in total. The Hall–Kier alpha value is -2.99. The first-order chi connectivity index (χ1) is 12.6. The third-order valence-electron chi connectivity index (χ3n) is 4.22. The van der Waals surface area contributed by atoms with Gasteiger partial charge in [-0.05, 0) is 24.6 Å². The van der Waals surface area contributed by atoms with E-state index in [4.69, 9.17) is 4.74 Å². The molecule has 0 saturated carbocycles. The first-order valence-corrected chi connectivity index (χ1v) is 8.42. The van der Waals surface area contributed by atoms with Gasteiger partial charge in [-0.15, -0.1) is 0 Å². The molecule has 0 saturated heterocycles. The van der Waals surface area contributed by atoms with Gasteiger partial charge < -0.3 is 14.6 Å². The fourth-order valence-corrected chi connectivity index (χ4v) is 2.77. The Morgan fingerprint density at radius 2 is 2.00 bits per heavy atom. The number of methoxy groups -OCH3 is 1. The molecule has 0 atom stereocenters. The minimum atomic E-state index is -0.243. The molecule has 134 valence electrons. The van der Waals surface area contributed by atoms with Gasteiger partial charge in [0.1, 0.15) is 0 Å². The van der Waals surface area contributed by atoms with Crippen molar-refractivity contribution in [2.75, 3.05) is 13.7 Å². The number of aromatic nitrogens is 2. The van der Waals surface area contributed by atoms with E-state index in [1.54, 1.807) is 36.9 Å². The van der Waals surface area contributed by atoms with Crippen molar-refractivity contribution >= 4 is 16.8 Å². The number of benzene rings is 1. The van der Waals surface area contributed by atoms with Crippen LogP contribution in [0.3, 0.4) is 0 Å². The molecule has 0 aliphatic carbocycles. The Bertz CT molecular complexity index is 981. The molecular formula is C20H21N3O3. The summed E-state index contributed by atoms with van der Waals surface area (Å²) in [4.78, 5) is 29.6. The highest BCUT2D eigenvalue weighted by Gasteiger charge is 2.14. The standard InChI is InChI=1S/C20H21N3O3/c1-14-16(19(24)21-13-15-6-4-3-5-7-15)12-17-18(22-14)8-9-23(20(17)25)10-11-26-2/h3-9,12H,10-11,13H2,1-2H3,(H,21,24). The molecule has 0 fully saturated rings. The topological polar surface area (TPSA) is 73.2 Å². The summed E-state index contributed by atoms with van der Waals surface area (Å²) in [6.45, 7) is 3.08. The molecule has 1 amide bonds. The van der Waals surface area contributed by atoms with E-state index in [0.717, 1.165) is 5.56 Å². The van der Waals surface area contributed by atoms with E-state index in [2.05, 4.69) is 10.3 Å². The number of rotatable bonds is 6. The van der Waals surface area contributed by atoms with Crippen LogP contribution in [0.2, 0.25) is 0 Å². The van der Waals surface area contributed by atoms with Crippen LogP contribution in [0, 0.1) is 6.92 Å². The summed E-state index contributed by atoms with van der Waals surface area (Å²) in [5, 5.41) is 3.31. The monoisotopic (exact) mass is 351 g/mol. The van der Waals surface area contributed by atoms with Gasteiger partial charge in [0.25, 0.3) is 11.5 Å². The van der Waals surface area contributed by atoms with Gasteiger partial charge in [-0.1, -0.05) is 30.3 Å². The van der Waals surface area contributed by atoms with Crippen molar-refractivity contribution in [2.24, 2.45) is 0 Å². The van der Waals surface area contributed by atoms with Crippen LogP contribution in [-0.4, -0.2) is 29.2 Å². The van der Waals surface area contributed by atoms with Crippen molar-refractivity contribution in [1.29, 1.82) is 0 Å². The first kappa shape index (κ1) is 17.8. The van der Waals surface area contributed by atoms with E-state index < -0.39 is 0 Å². The van der Waals surface area contributed by atoms with E-state index in [-0.39, 0.29) is 11.5 Å². The summed E-state index contributed by atoms with van der Waals surface area (Å²) < 4.78 is 6.59. The number of ether oxygens (including phenoxy) is 1. The van der Waals surface area contributed by atoms with Crippen LogP contribution in [0.4, 0.5) is 0 Å². The van der Waals surface area contributed by atoms with Gasteiger partial charge in [0.05, 0.1) is 28.8 Å². The molecule has 0 bridgehead atoms. The maximum Gasteiger partial charge on any atom is 0.260 e. The molecule has 1 aromatic carbocycles. The van der Waals surface area contributed by atoms with Gasteiger partial charge in [0, 0.05) is 26.4 Å². The maximum absolute atomic E-state index is 12.6. The van der Waals surface area contributed by atoms with Gasteiger partial charge in [-0.2, -0.15) is 0 Å². The third kappa shape index (κ3) is 3.81. The fourth-order valence-electron chi connectivity index (χ4n) is 2.77. The van der Waals surface area contributed by atoms with E-state index >= 15 is 0 Å². The number of amides is 1. The molecule has 0 aliphatic rings. The second kappa shape index (κ2) is 7.93. The lowest BCUT2D eigenvalue weighted by Crippen LogP contribution is -2.26. The highest BCUT2D eigenvalue weighted by molar-refractivity contribution is 5.98. The maximum atomic E-state index is 12.6.